The molecule has 4 aromatic rings. The number of carbonyl (C=O) groups excluding carboxylic acids is 1. The van der Waals surface area contributed by atoms with Crippen molar-refractivity contribution in [1.29, 1.82) is 0 Å². The second-order valence-corrected chi connectivity index (χ2v) is 8.42. The average Bonchev–Trinajstić information content (AvgIpc) is 3.15. The standard InChI is InChI=1S/C20H16BrN5O3S/c1-25-17(28)16-12(10-30-18(16)26(2)20(25)29)9-15(27)24-19-22-8-7-14(23-19)11-3-5-13(21)6-4-11/h3-8,10H,9H2,1-2H3,(H,22,23,24,27). The SMILES string of the molecule is Cn1c(=O)c2c(CC(=O)Nc3nccc(-c4ccc(Br)cc4)n3)csc2n(C)c1=O. The summed E-state index contributed by atoms with van der Waals surface area (Å²) in [7, 11) is 3.03. The van der Waals surface area contributed by atoms with Gasteiger partial charge in [-0.15, -0.1) is 11.3 Å². The van der Waals surface area contributed by atoms with Crippen LogP contribution in [0.3, 0.4) is 0 Å². The first-order valence-corrected chi connectivity index (χ1v) is 10.6. The number of rotatable bonds is 4. The lowest BCUT2D eigenvalue weighted by molar-refractivity contribution is -0.115. The summed E-state index contributed by atoms with van der Waals surface area (Å²) in [6, 6.07) is 9.40. The molecule has 1 aromatic carbocycles. The average molecular weight is 486 g/mol. The summed E-state index contributed by atoms with van der Waals surface area (Å²) in [6.07, 6.45) is 1.55. The lowest BCUT2D eigenvalue weighted by Crippen LogP contribution is -2.36. The third kappa shape index (κ3) is 3.71. The van der Waals surface area contributed by atoms with Crippen molar-refractivity contribution in [3.05, 3.63) is 72.8 Å². The van der Waals surface area contributed by atoms with Crippen molar-refractivity contribution < 1.29 is 4.79 Å². The Morgan fingerprint density at radius 1 is 1.13 bits per heavy atom. The fourth-order valence-electron chi connectivity index (χ4n) is 3.10. The zero-order valence-electron chi connectivity index (χ0n) is 16.0. The number of hydrogen-bond donors (Lipinski definition) is 1. The normalized spacial score (nSPS) is 11.0. The van der Waals surface area contributed by atoms with E-state index in [9.17, 15) is 14.4 Å². The number of aromatic nitrogens is 4. The first kappa shape index (κ1) is 20.2. The molecule has 10 heteroatoms. The molecule has 0 aliphatic heterocycles. The van der Waals surface area contributed by atoms with E-state index < -0.39 is 11.2 Å². The van der Waals surface area contributed by atoms with Gasteiger partial charge in [0.05, 0.1) is 17.5 Å². The summed E-state index contributed by atoms with van der Waals surface area (Å²) in [5, 5.41) is 4.79. The van der Waals surface area contributed by atoms with E-state index >= 15 is 0 Å². The van der Waals surface area contributed by atoms with E-state index in [0.717, 1.165) is 14.6 Å². The van der Waals surface area contributed by atoms with E-state index in [1.165, 1.54) is 23.0 Å². The van der Waals surface area contributed by atoms with Gasteiger partial charge in [-0.05, 0) is 29.1 Å². The van der Waals surface area contributed by atoms with Crippen LogP contribution in [0.5, 0.6) is 0 Å². The predicted octanol–water partition coefficient (Wildman–Crippen LogP) is 2.70. The molecule has 0 atom stereocenters. The molecule has 0 aliphatic rings. The Morgan fingerprint density at radius 2 is 1.87 bits per heavy atom. The van der Waals surface area contributed by atoms with Crippen LogP contribution < -0.4 is 16.6 Å². The Labute approximate surface area is 183 Å². The van der Waals surface area contributed by atoms with Gasteiger partial charge in [-0.1, -0.05) is 28.1 Å². The summed E-state index contributed by atoms with van der Waals surface area (Å²) in [6.45, 7) is 0. The Morgan fingerprint density at radius 3 is 2.60 bits per heavy atom. The zero-order chi connectivity index (χ0) is 21.4. The number of amides is 1. The zero-order valence-corrected chi connectivity index (χ0v) is 18.5. The molecule has 0 fully saturated rings. The van der Waals surface area contributed by atoms with E-state index in [1.807, 2.05) is 24.3 Å². The first-order chi connectivity index (χ1) is 14.3. The van der Waals surface area contributed by atoms with Gasteiger partial charge in [-0.2, -0.15) is 0 Å². The molecule has 0 unspecified atom stereocenters. The maximum atomic E-state index is 12.6. The minimum atomic E-state index is -0.411. The largest absolute Gasteiger partial charge is 0.331 e. The highest BCUT2D eigenvalue weighted by Crippen LogP contribution is 2.23. The monoisotopic (exact) mass is 485 g/mol. The van der Waals surface area contributed by atoms with Crippen LogP contribution in [0.15, 0.2) is 56.0 Å². The summed E-state index contributed by atoms with van der Waals surface area (Å²) in [4.78, 5) is 46.3. The Kier molecular flexibility index (Phi) is 5.35. The van der Waals surface area contributed by atoms with Gasteiger partial charge < -0.3 is 0 Å². The van der Waals surface area contributed by atoms with Gasteiger partial charge >= 0.3 is 5.69 Å². The van der Waals surface area contributed by atoms with E-state index in [1.54, 1.807) is 24.7 Å². The number of halogens is 1. The van der Waals surface area contributed by atoms with Crippen molar-refractivity contribution in [1.82, 2.24) is 19.1 Å². The van der Waals surface area contributed by atoms with Crippen LogP contribution in [0.25, 0.3) is 21.5 Å². The second kappa shape index (κ2) is 7.96. The van der Waals surface area contributed by atoms with Gasteiger partial charge in [-0.25, -0.2) is 14.8 Å². The smallest absolute Gasteiger partial charge is 0.294 e. The highest BCUT2D eigenvalue weighted by Gasteiger charge is 2.17. The van der Waals surface area contributed by atoms with Crippen molar-refractivity contribution in [3.63, 3.8) is 0 Å². The van der Waals surface area contributed by atoms with Gasteiger partial charge in [0.15, 0.2) is 0 Å². The topological polar surface area (TPSA) is 98.9 Å². The number of aryl methyl sites for hydroxylation is 1. The third-order valence-electron chi connectivity index (χ3n) is 4.64. The molecule has 3 aromatic heterocycles. The van der Waals surface area contributed by atoms with Crippen LogP contribution >= 0.6 is 27.3 Å². The number of anilines is 1. The summed E-state index contributed by atoms with van der Waals surface area (Å²) in [5.41, 5.74) is 1.32. The first-order valence-electron chi connectivity index (χ1n) is 8.90. The molecule has 8 nitrogen and oxygen atoms in total. The van der Waals surface area contributed by atoms with Crippen molar-refractivity contribution in [2.75, 3.05) is 5.32 Å². The van der Waals surface area contributed by atoms with Crippen LogP contribution in [0.2, 0.25) is 0 Å². The number of fused-ring (bicyclic) bond motifs is 1. The minimum Gasteiger partial charge on any atom is -0.294 e. The molecule has 1 N–H and O–H groups in total. The van der Waals surface area contributed by atoms with Crippen LogP contribution in [0.1, 0.15) is 5.56 Å². The number of benzene rings is 1. The lowest BCUT2D eigenvalue weighted by atomic mass is 10.1. The number of nitrogens with zero attached hydrogens (tertiary/aromatic N) is 4. The van der Waals surface area contributed by atoms with Gasteiger partial charge in [0, 0.05) is 30.3 Å². The molecule has 0 aliphatic carbocycles. The molecular weight excluding hydrogens is 470 g/mol. The quantitative estimate of drug-likeness (QED) is 0.479. The highest BCUT2D eigenvalue weighted by atomic mass is 79.9. The summed E-state index contributed by atoms with van der Waals surface area (Å²) in [5.74, 6) is -0.168. The fourth-order valence-corrected chi connectivity index (χ4v) is 4.39. The molecule has 0 saturated heterocycles. The molecule has 0 spiro atoms. The van der Waals surface area contributed by atoms with Gasteiger partial charge in [-0.3, -0.25) is 24.0 Å². The van der Waals surface area contributed by atoms with Gasteiger partial charge in [0.2, 0.25) is 11.9 Å². The third-order valence-corrected chi connectivity index (χ3v) is 6.27. The van der Waals surface area contributed by atoms with Crippen molar-refractivity contribution in [2.45, 2.75) is 6.42 Å². The Balaban J connectivity index is 1.59. The molecule has 0 radical (unpaired) electrons. The van der Waals surface area contributed by atoms with Crippen LogP contribution in [-0.4, -0.2) is 25.0 Å². The molecule has 0 saturated carbocycles. The van der Waals surface area contributed by atoms with Crippen LogP contribution in [0, 0.1) is 0 Å². The van der Waals surface area contributed by atoms with Crippen molar-refractivity contribution >= 4 is 49.3 Å². The maximum Gasteiger partial charge on any atom is 0.331 e. The Hall–Kier alpha value is -3.11. The summed E-state index contributed by atoms with van der Waals surface area (Å²) < 4.78 is 3.41. The minimum absolute atomic E-state index is 0.0285. The van der Waals surface area contributed by atoms with E-state index in [-0.39, 0.29) is 18.3 Å². The van der Waals surface area contributed by atoms with Crippen LogP contribution in [0.4, 0.5) is 5.95 Å². The molecule has 1 amide bonds. The number of carbonyl (C=O) groups is 1. The van der Waals surface area contributed by atoms with Gasteiger partial charge in [0.25, 0.3) is 5.56 Å². The molecule has 30 heavy (non-hydrogen) atoms. The number of nitrogens with one attached hydrogen (secondary N) is 1. The van der Waals surface area contributed by atoms with Crippen LogP contribution in [-0.2, 0) is 25.3 Å². The number of thiophene rings is 1. The maximum absolute atomic E-state index is 12.6. The van der Waals surface area contributed by atoms with Crippen molar-refractivity contribution in [3.8, 4) is 11.3 Å². The number of hydrogen-bond acceptors (Lipinski definition) is 6. The molecular formula is C20H16BrN5O3S. The molecule has 152 valence electrons. The molecule has 0 bridgehead atoms. The van der Waals surface area contributed by atoms with E-state index in [4.69, 9.17) is 0 Å². The fraction of sp³-hybridized carbons (Fsp3) is 0.150. The van der Waals surface area contributed by atoms with Gasteiger partial charge in [0.1, 0.15) is 4.83 Å². The summed E-state index contributed by atoms with van der Waals surface area (Å²) >= 11 is 4.66. The van der Waals surface area contributed by atoms with E-state index in [2.05, 4.69) is 31.2 Å². The molecule has 3 heterocycles. The highest BCUT2D eigenvalue weighted by molar-refractivity contribution is 9.10. The Bertz CT molecular complexity index is 1390. The van der Waals surface area contributed by atoms with Crippen molar-refractivity contribution in [2.24, 2.45) is 14.1 Å². The second-order valence-electron chi connectivity index (χ2n) is 6.64. The molecule has 4 rings (SSSR count). The lowest BCUT2D eigenvalue weighted by Gasteiger charge is -2.07. The predicted molar refractivity (Wildman–Crippen MR) is 120 cm³/mol. The van der Waals surface area contributed by atoms with E-state index in [0.29, 0.717) is 21.5 Å².